The highest BCUT2D eigenvalue weighted by atomic mass is 16.4. The number of carboxylic acid groups (broad SMARTS) is 1. The minimum Gasteiger partial charge on any atom is -0.478 e. The van der Waals surface area contributed by atoms with Gasteiger partial charge in [0.05, 0.1) is 5.56 Å². The van der Waals surface area contributed by atoms with E-state index in [4.69, 9.17) is 5.11 Å². The molecule has 0 aromatic heterocycles. The summed E-state index contributed by atoms with van der Waals surface area (Å²) >= 11 is 0. The zero-order valence-electron chi connectivity index (χ0n) is 11.5. The van der Waals surface area contributed by atoms with Crippen molar-refractivity contribution in [1.82, 2.24) is 10.6 Å². The van der Waals surface area contributed by atoms with Gasteiger partial charge in [0, 0.05) is 13.1 Å². The molecule has 0 saturated heterocycles. The molecule has 0 aliphatic heterocycles. The van der Waals surface area contributed by atoms with Crippen molar-refractivity contribution in [2.75, 3.05) is 6.54 Å². The van der Waals surface area contributed by atoms with Crippen LogP contribution in [0.3, 0.4) is 0 Å². The van der Waals surface area contributed by atoms with Gasteiger partial charge in [0.2, 0.25) is 0 Å². The molecular weight excluding hydrogens is 244 g/mol. The number of rotatable bonds is 4. The molecule has 0 aliphatic rings. The molecule has 0 spiro atoms. The molecular formula is C14H20N2O3. The molecule has 0 atom stereocenters. The van der Waals surface area contributed by atoms with Crippen LogP contribution in [0.1, 0.15) is 36.7 Å². The lowest BCUT2D eigenvalue weighted by Crippen LogP contribution is -2.39. The summed E-state index contributed by atoms with van der Waals surface area (Å²) < 4.78 is 0. The lowest BCUT2D eigenvalue weighted by atomic mass is 9.97. The Bertz CT molecular complexity index is 447. The van der Waals surface area contributed by atoms with Gasteiger partial charge in [0.15, 0.2) is 0 Å². The van der Waals surface area contributed by atoms with E-state index >= 15 is 0 Å². The van der Waals surface area contributed by atoms with Crippen molar-refractivity contribution in [2.45, 2.75) is 27.3 Å². The molecule has 0 fully saturated rings. The van der Waals surface area contributed by atoms with E-state index in [0.717, 1.165) is 5.56 Å². The quantitative estimate of drug-likeness (QED) is 0.780. The summed E-state index contributed by atoms with van der Waals surface area (Å²) in [5.41, 5.74) is 1.14. The maximum Gasteiger partial charge on any atom is 0.335 e. The second-order valence-corrected chi connectivity index (χ2v) is 5.60. The summed E-state index contributed by atoms with van der Waals surface area (Å²) in [4.78, 5) is 22.2. The van der Waals surface area contributed by atoms with Crippen molar-refractivity contribution in [3.63, 3.8) is 0 Å². The molecule has 2 amide bonds. The van der Waals surface area contributed by atoms with Crippen molar-refractivity contribution in [3.05, 3.63) is 35.4 Å². The van der Waals surface area contributed by atoms with Gasteiger partial charge in [0.25, 0.3) is 0 Å². The van der Waals surface area contributed by atoms with Crippen LogP contribution in [0.4, 0.5) is 4.79 Å². The molecule has 1 aromatic rings. The number of urea groups is 1. The molecule has 1 aromatic carbocycles. The fraction of sp³-hybridized carbons (Fsp3) is 0.429. The third kappa shape index (κ3) is 5.90. The van der Waals surface area contributed by atoms with Gasteiger partial charge >= 0.3 is 12.0 Å². The average molecular weight is 264 g/mol. The molecule has 1 rings (SSSR count). The fourth-order valence-electron chi connectivity index (χ4n) is 1.36. The van der Waals surface area contributed by atoms with Crippen LogP contribution >= 0.6 is 0 Å². The van der Waals surface area contributed by atoms with E-state index in [0.29, 0.717) is 13.1 Å². The Balaban J connectivity index is 2.40. The molecule has 0 saturated carbocycles. The topological polar surface area (TPSA) is 78.4 Å². The number of hydrogen-bond acceptors (Lipinski definition) is 2. The van der Waals surface area contributed by atoms with E-state index in [1.807, 2.05) is 20.8 Å². The standard InChI is InChI=1S/C14H20N2O3/c1-14(2,3)9-16-13(19)15-8-10-4-6-11(7-5-10)12(17)18/h4-7H,8-9H2,1-3H3,(H,17,18)(H2,15,16,19). The van der Waals surface area contributed by atoms with Gasteiger partial charge in [-0.2, -0.15) is 0 Å². The van der Waals surface area contributed by atoms with E-state index in [1.165, 1.54) is 12.1 Å². The molecule has 0 radical (unpaired) electrons. The maximum atomic E-state index is 11.5. The van der Waals surface area contributed by atoms with Gasteiger partial charge in [-0.3, -0.25) is 0 Å². The zero-order valence-corrected chi connectivity index (χ0v) is 11.5. The second kappa shape index (κ2) is 6.22. The first-order chi connectivity index (χ1) is 8.78. The first-order valence-electron chi connectivity index (χ1n) is 6.12. The second-order valence-electron chi connectivity index (χ2n) is 5.60. The SMILES string of the molecule is CC(C)(C)CNC(=O)NCc1ccc(C(=O)O)cc1. The van der Waals surface area contributed by atoms with E-state index in [2.05, 4.69) is 10.6 Å². The molecule has 0 heterocycles. The minimum absolute atomic E-state index is 0.0421. The Morgan fingerprint density at radius 3 is 2.16 bits per heavy atom. The van der Waals surface area contributed by atoms with E-state index in [9.17, 15) is 9.59 Å². The monoisotopic (exact) mass is 264 g/mol. The smallest absolute Gasteiger partial charge is 0.335 e. The number of amides is 2. The van der Waals surface area contributed by atoms with Crippen molar-refractivity contribution in [2.24, 2.45) is 5.41 Å². The molecule has 19 heavy (non-hydrogen) atoms. The van der Waals surface area contributed by atoms with Crippen molar-refractivity contribution in [1.29, 1.82) is 0 Å². The van der Waals surface area contributed by atoms with Crippen LogP contribution in [-0.2, 0) is 6.54 Å². The number of hydrogen-bond donors (Lipinski definition) is 3. The van der Waals surface area contributed by atoms with Crippen LogP contribution in [0.2, 0.25) is 0 Å². The van der Waals surface area contributed by atoms with Gasteiger partial charge in [-0.15, -0.1) is 0 Å². The van der Waals surface area contributed by atoms with Gasteiger partial charge < -0.3 is 15.7 Å². The predicted molar refractivity (Wildman–Crippen MR) is 73.1 cm³/mol. The number of nitrogens with one attached hydrogen (secondary N) is 2. The van der Waals surface area contributed by atoms with E-state index in [-0.39, 0.29) is 17.0 Å². The summed E-state index contributed by atoms with van der Waals surface area (Å²) in [7, 11) is 0. The van der Waals surface area contributed by atoms with Gasteiger partial charge in [-0.05, 0) is 23.1 Å². The number of benzene rings is 1. The van der Waals surface area contributed by atoms with Crippen LogP contribution in [0.15, 0.2) is 24.3 Å². The lowest BCUT2D eigenvalue weighted by Gasteiger charge is -2.18. The number of carbonyl (C=O) groups excluding carboxylic acids is 1. The largest absolute Gasteiger partial charge is 0.478 e. The van der Waals surface area contributed by atoms with Crippen LogP contribution < -0.4 is 10.6 Å². The Morgan fingerprint density at radius 2 is 1.68 bits per heavy atom. The molecule has 3 N–H and O–H groups in total. The first kappa shape index (κ1) is 15.0. The third-order valence-electron chi connectivity index (χ3n) is 2.43. The molecule has 5 heteroatoms. The fourth-order valence-corrected chi connectivity index (χ4v) is 1.36. The molecule has 0 unspecified atom stereocenters. The van der Waals surface area contributed by atoms with Gasteiger partial charge in [0.1, 0.15) is 0 Å². The Morgan fingerprint density at radius 1 is 1.11 bits per heavy atom. The predicted octanol–water partition coefficient (Wildman–Crippen LogP) is 2.23. The number of carboxylic acids is 1. The lowest BCUT2D eigenvalue weighted by molar-refractivity contribution is 0.0697. The summed E-state index contributed by atoms with van der Waals surface area (Å²) in [5, 5.41) is 14.3. The highest BCUT2D eigenvalue weighted by molar-refractivity contribution is 5.87. The summed E-state index contributed by atoms with van der Waals surface area (Å²) in [6.07, 6.45) is 0. The first-order valence-corrected chi connectivity index (χ1v) is 6.12. The van der Waals surface area contributed by atoms with Crippen molar-refractivity contribution < 1.29 is 14.7 Å². The van der Waals surface area contributed by atoms with Gasteiger partial charge in [-0.25, -0.2) is 9.59 Å². The summed E-state index contributed by atoms with van der Waals surface area (Å²) in [6.45, 7) is 7.08. The molecule has 0 bridgehead atoms. The Hall–Kier alpha value is -2.04. The number of aromatic carboxylic acids is 1. The van der Waals surface area contributed by atoms with Crippen molar-refractivity contribution in [3.8, 4) is 0 Å². The molecule has 0 aliphatic carbocycles. The highest BCUT2D eigenvalue weighted by Gasteiger charge is 2.11. The van der Waals surface area contributed by atoms with E-state index in [1.54, 1.807) is 12.1 Å². The molecule has 5 nitrogen and oxygen atoms in total. The Kier molecular flexibility index (Phi) is 4.92. The maximum absolute atomic E-state index is 11.5. The Labute approximate surface area is 113 Å². The normalized spacial score (nSPS) is 10.9. The third-order valence-corrected chi connectivity index (χ3v) is 2.43. The summed E-state index contributed by atoms with van der Waals surface area (Å²) in [6, 6.07) is 6.19. The zero-order chi connectivity index (χ0) is 14.5. The van der Waals surface area contributed by atoms with Crippen LogP contribution in [-0.4, -0.2) is 23.7 Å². The minimum atomic E-state index is -0.956. The van der Waals surface area contributed by atoms with Crippen LogP contribution in [0.25, 0.3) is 0 Å². The van der Waals surface area contributed by atoms with Crippen LogP contribution in [0.5, 0.6) is 0 Å². The highest BCUT2D eigenvalue weighted by Crippen LogP contribution is 2.10. The molecule has 104 valence electrons. The van der Waals surface area contributed by atoms with Crippen molar-refractivity contribution >= 4 is 12.0 Å². The summed E-state index contributed by atoms with van der Waals surface area (Å²) in [5.74, 6) is -0.956. The number of carbonyl (C=O) groups is 2. The average Bonchev–Trinajstić information content (AvgIpc) is 2.33. The van der Waals surface area contributed by atoms with E-state index < -0.39 is 5.97 Å². The van der Waals surface area contributed by atoms with Crippen LogP contribution in [0, 0.1) is 5.41 Å². The van der Waals surface area contributed by atoms with Gasteiger partial charge in [-0.1, -0.05) is 32.9 Å².